The molecule has 1 aliphatic carbocycles. The number of rotatable bonds is 8. The predicted octanol–water partition coefficient (Wildman–Crippen LogP) is 3.29. The summed E-state index contributed by atoms with van der Waals surface area (Å²) >= 11 is 1.76. The molecule has 1 aliphatic rings. The summed E-state index contributed by atoms with van der Waals surface area (Å²) < 4.78 is 0. The summed E-state index contributed by atoms with van der Waals surface area (Å²) in [5, 5.41) is 8.87. The molecule has 0 spiro atoms. The van der Waals surface area contributed by atoms with Gasteiger partial charge in [-0.15, -0.1) is 35.3 Å². The maximum atomic E-state index is 4.64. The number of halogens is 1. The second kappa shape index (κ2) is 10.4. The fraction of sp³-hybridized carbons (Fsp3) is 0.688. The number of aliphatic imine (C=N–C) groups is 1. The second-order valence-corrected chi connectivity index (χ2v) is 6.80. The van der Waals surface area contributed by atoms with Crippen LogP contribution < -0.4 is 10.6 Å². The van der Waals surface area contributed by atoms with Crippen LogP contribution in [0.15, 0.2) is 22.5 Å². The third kappa shape index (κ3) is 6.83. The van der Waals surface area contributed by atoms with E-state index in [4.69, 9.17) is 0 Å². The lowest BCUT2D eigenvalue weighted by Gasteiger charge is -2.26. The molecule has 0 bridgehead atoms. The van der Waals surface area contributed by atoms with Crippen LogP contribution in [0.3, 0.4) is 0 Å². The van der Waals surface area contributed by atoms with Crippen LogP contribution in [-0.4, -0.2) is 42.6 Å². The van der Waals surface area contributed by atoms with Gasteiger partial charge in [-0.2, -0.15) is 0 Å². The maximum Gasteiger partial charge on any atom is 0.191 e. The summed E-state index contributed by atoms with van der Waals surface area (Å²) in [6.45, 7) is 10.4. The Morgan fingerprint density at radius 3 is 2.73 bits per heavy atom. The van der Waals surface area contributed by atoms with Crippen LogP contribution in [0.2, 0.25) is 0 Å². The van der Waals surface area contributed by atoms with E-state index in [0.29, 0.717) is 6.04 Å². The Balaban J connectivity index is 0.00000242. The van der Waals surface area contributed by atoms with Crippen molar-refractivity contribution in [2.24, 2.45) is 4.99 Å². The summed E-state index contributed by atoms with van der Waals surface area (Å²) in [5.74, 6) is 0.922. The first-order valence-electron chi connectivity index (χ1n) is 8.01. The van der Waals surface area contributed by atoms with Crippen molar-refractivity contribution in [2.45, 2.75) is 52.2 Å². The van der Waals surface area contributed by atoms with Gasteiger partial charge in [0, 0.05) is 36.6 Å². The molecule has 4 nitrogen and oxygen atoms in total. The van der Waals surface area contributed by atoms with Crippen LogP contribution >= 0.6 is 35.3 Å². The normalized spacial score (nSPS) is 15.0. The molecule has 1 fully saturated rings. The Hall–Kier alpha value is -0.340. The van der Waals surface area contributed by atoms with Gasteiger partial charge in [-0.05, 0) is 45.1 Å². The highest BCUT2D eigenvalue weighted by Crippen LogP contribution is 2.27. The lowest BCUT2D eigenvalue weighted by atomic mass is 10.3. The number of hydrogen-bond acceptors (Lipinski definition) is 3. The molecule has 1 heterocycles. The number of guanidine groups is 1. The minimum atomic E-state index is 0. The molecule has 0 aliphatic heterocycles. The number of thiophene rings is 1. The molecule has 0 unspecified atom stereocenters. The van der Waals surface area contributed by atoms with Crippen molar-refractivity contribution in [3.05, 3.63) is 22.4 Å². The van der Waals surface area contributed by atoms with Gasteiger partial charge in [0.2, 0.25) is 0 Å². The van der Waals surface area contributed by atoms with Crippen LogP contribution in [-0.2, 0) is 6.54 Å². The number of hydrogen-bond donors (Lipinski definition) is 2. The SMILES string of the molecule is CCNC(=NCc1cccs1)NCCN(C(C)C)C1CC1.I. The van der Waals surface area contributed by atoms with Crippen LogP contribution in [0.25, 0.3) is 0 Å². The molecule has 0 saturated heterocycles. The van der Waals surface area contributed by atoms with Gasteiger partial charge in [0.1, 0.15) is 0 Å². The van der Waals surface area contributed by atoms with E-state index < -0.39 is 0 Å². The molecule has 2 rings (SSSR count). The molecule has 22 heavy (non-hydrogen) atoms. The van der Waals surface area contributed by atoms with Gasteiger partial charge in [0.25, 0.3) is 0 Å². The first kappa shape index (κ1) is 19.7. The van der Waals surface area contributed by atoms with E-state index >= 15 is 0 Å². The molecule has 0 atom stereocenters. The summed E-state index contributed by atoms with van der Waals surface area (Å²) in [6, 6.07) is 5.65. The van der Waals surface area contributed by atoms with Gasteiger partial charge in [-0.1, -0.05) is 6.07 Å². The first-order valence-corrected chi connectivity index (χ1v) is 8.89. The Kier molecular flexibility index (Phi) is 9.35. The highest BCUT2D eigenvalue weighted by Gasteiger charge is 2.29. The minimum absolute atomic E-state index is 0. The van der Waals surface area contributed by atoms with Crippen molar-refractivity contribution in [3.63, 3.8) is 0 Å². The highest BCUT2D eigenvalue weighted by molar-refractivity contribution is 14.0. The lowest BCUT2D eigenvalue weighted by Crippen LogP contribution is -2.43. The minimum Gasteiger partial charge on any atom is -0.357 e. The smallest absolute Gasteiger partial charge is 0.191 e. The van der Waals surface area contributed by atoms with Gasteiger partial charge in [0.05, 0.1) is 6.54 Å². The van der Waals surface area contributed by atoms with Crippen LogP contribution in [0, 0.1) is 0 Å². The third-order valence-corrected chi connectivity index (χ3v) is 4.52. The summed E-state index contributed by atoms with van der Waals surface area (Å²) in [5.41, 5.74) is 0. The molecular formula is C16H29IN4S. The van der Waals surface area contributed by atoms with Crippen molar-refractivity contribution < 1.29 is 0 Å². The summed E-state index contributed by atoms with van der Waals surface area (Å²) in [7, 11) is 0. The van der Waals surface area contributed by atoms with E-state index in [2.05, 4.69) is 58.8 Å². The Morgan fingerprint density at radius 1 is 1.41 bits per heavy atom. The van der Waals surface area contributed by atoms with E-state index in [-0.39, 0.29) is 24.0 Å². The molecule has 2 N–H and O–H groups in total. The van der Waals surface area contributed by atoms with E-state index in [9.17, 15) is 0 Å². The zero-order valence-electron chi connectivity index (χ0n) is 13.8. The predicted molar refractivity (Wildman–Crippen MR) is 107 cm³/mol. The van der Waals surface area contributed by atoms with Crippen molar-refractivity contribution in [1.82, 2.24) is 15.5 Å². The number of nitrogens with one attached hydrogen (secondary N) is 2. The average Bonchev–Trinajstić information content (AvgIpc) is 3.15. The first-order chi connectivity index (χ1) is 10.2. The molecule has 0 radical (unpaired) electrons. The average molecular weight is 436 g/mol. The van der Waals surface area contributed by atoms with Crippen molar-refractivity contribution in [3.8, 4) is 0 Å². The highest BCUT2D eigenvalue weighted by atomic mass is 127. The Morgan fingerprint density at radius 2 is 2.18 bits per heavy atom. The third-order valence-electron chi connectivity index (χ3n) is 3.66. The van der Waals surface area contributed by atoms with E-state index in [1.807, 2.05) is 0 Å². The molecule has 0 amide bonds. The van der Waals surface area contributed by atoms with Crippen LogP contribution in [0.1, 0.15) is 38.5 Å². The second-order valence-electron chi connectivity index (χ2n) is 5.76. The maximum absolute atomic E-state index is 4.64. The quantitative estimate of drug-likeness (QED) is 0.373. The fourth-order valence-corrected chi connectivity index (χ4v) is 3.10. The standard InChI is InChI=1S/C16H28N4S.HI/c1-4-17-16(19-12-15-6-5-11-21-15)18-9-10-20(13(2)3)14-7-8-14;/h5-6,11,13-14H,4,7-10,12H2,1-3H3,(H2,17,18,19);1H. The van der Waals surface area contributed by atoms with E-state index in [1.54, 1.807) is 11.3 Å². The topological polar surface area (TPSA) is 39.7 Å². The van der Waals surface area contributed by atoms with E-state index in [1.165, 1.54) is 17.7 Å². The molecular weight excluding hydrogens is 407 g/mol. The van der Waals surface area contributed by atoms with Gasteiger partial charge in [0.15, 0.2) is 5.96 Å². The molecule has 1 saturated carbocycles. The zero-order valence-corrected chi connectivity index (χ0v) is 17.0. The van der Waals surface area contributed by atoms with Gasteiger partial charge in [-0.25, -0.2) is 4.99 Å². The summed E-state index contributed by atoms with van der Waals surface area (Å²) in [6.07, 6.45) is 2.73. The molecule has 6 heteroatoms. The Bertz CT molecular complexity index is 427. The monoisotopic (exact) mass is 436 g/mol. The fourth-order valence-electron chi connectivity index (χ4n) is 2.47. The molecule has 0 aromatic carbocycles. The largest absolute Gasteiger partial charge is 0.357 e. The summed E-state index contributed by atoms with van der Waals surface area (Å²) in [4.78, 5) is 8.54. The van der Waals surface area contributed by atoms with Gasteiger partial charge < -0.3 is 10.6 Å². The molecule has 1 aromatic rings. The van der Waals surface area contributed by atoms with Crippen LogP contribution in [0.5, 0.6) is 0 Å². The number of nitrogens with zero attached hydrogens (tertiary/aromatic N) is 2. The molecule has 126 valence electrons. The van der Waals surface area contributed by atoms with Crippen molar-refractivity contribution in [1.29, 1.82) is 0 Å². The van der Waals surface area contributed by atoms with Gasteiger partial charge in [-0.3, -0.25) is 4.90 Å². The Labute approximate surface area is 155 Å². The zero-order chi connectivity index (χ0) is 15.1. The van der Waals surface area contributed by atoms with Crippen molar-refractivity contribution in [2.75, 3.05) is 19.6 Å². The van der Waals surface area contributed by atoms with E-state index in [0.717, 1.165) is 38.2 Å². The lowest BCUT2D eigenvalue weighted by molar-refractivity contribution is 0.215. The molecule has 1 aromatic heterocycles. The van der Waals surface area contributed by atoms with Gasteiger partial charge >= 0.3 is 0 Å². The van der Waals surface area contributed by atoms with Crippen LogP contribution in [0.4, 0.5) is 0 Å². The van der Waals surface area contributed by atoms with Crippen molar-refractivity contribution >= 4 is 41.3 Å².